The molecular weight excluding hydrogens is 236 g/mol. The van der Waals surface area contributed by atoms with Crippen LogP contribution in [0.1, 0.15) is 41.0 Å². The molecular formula is C12H18N2O2S. The average Bonchev–Trinajstić information content (AvgIpc) is 2.94. The minimum absolute atomic E-state index is 0.354. The zero-order valence-electron chi connectivity index (χ0n) is 10.3. The van der Waals surface area contributed by atoms with Gasteiger partial charge in [-0.15, -0.1) is 11.3 Å². The number of aryl methyl sites for hydroxylation is 1. The Morgan fingerprint density at radius 3 is 2.88 bits per heavy atom. The van der Waals surface area contributed by atoms with E-state index in [0.717, 1.165) is 22.5 Å². The fraction of sp³-hybridized carbons (Fsp3) is 0.667. The predicted molar refractivity (Wildman–Crippen MR) is 68.6 cm³/mol. The summed E-state index contributed by atoms with van der Waals surface area (Å²) < 4.78 is 4.69. The van der Waals surface area contributed by atoms with Gasteiger partial charge in [-0.05, 0) is 25.7 Å². The van der Waals surface area contributed by atoms with Crippen LogP contribution in [0.25, 0.3) is 0 Å². The second-order valence-electron chi connectivity index (χ2n) is 4.45. The third kappa shape index (κ3) is 2.97. The molecule has 0 radical (unpaired) electrons. The van der Waals surface area contributed by atoms with Crippen LogP contribution in [0.3, 0.4) is 0 Å². The van der Waals surface area contributed by atoms with Gasteiger partial charge in [-0.25, -0.2) is 9.78 Å². The van der Waals surface area contributed by atoms with E-state index in [-0.39, 0.29) is 5.97 Å². The summed E-state index contributed by atoms with van der Waals surface area (Å²) in [5.41, 5.74) is 0.437. The van der Waals surface area contributed by atoms with E-state index in [1.165, 1.54) is 44.1 Å². The lowest BCUT2D eigenvalue weighted by Gasteiger charge is -2.08. The molecule has 0 spiro atoms. The number of ether oxygens (including phenoxy) is 1. The van der Waals surface area contributed by atoms with Crippen molar-refractivity contribution in [1.29, 1.82) is 0 Å². The van der Waals surface area contributed by atoms with Crippen molar-refractivity contribution in [1.82, 2.24) is 4.98 Å². The highest BCUT2D eigenvalue weighted by Crippen LogP contribution is 2.27. The highest BCUT2D eigenvalue weighted by atomic mass is 32.1. The van der Waals surface area contributed by atoms with Crippen LogP contribution in [-0.4, -0.2) is 24.6 Å². The molecule has 4 nitrogen and oxygen atoms in total. The molecule has 17 heavy (non-hydrogen) atoms. The second-order valence-corrected chi connectivity index (χ2v) is 5.65. The maximum atomic E-state index is 11.4. The summed E-state index contributed by atoms with van der Waals surface area (Å²) in [6, 6.07) is 0. The van der Waals surface area contributed by atoms with Crippen LogP contribution < -0.4 is 5.32 Å². The summed E-state index contributed by atoms with van der Waals surface area (Å²) >= 11 is 1.52. The second kappa shape index (κ2) is 5.49. The molecule has 0 atom stereocenters. The summed E-state index contributed by atoms with van der Waals surface area (Å²) in [4.78, 5) is 16.6. The fourth-order valence-electron chi connectivity index (χ4n) is 2.20. The summed E-state index contributed by atoms with van der Waals surface area (Å²) in [5.74, 6) is 0.411. The molecule has 0 unspecified atom stereocenters. The van der Waals surface area contributed by atoms with Gasteiger partial charge >= 0.3 is 5.97 Å². The number of carbonyl (C=O) groups excluding carboxylic acids is 1. The van der Waals surface area contributed by atoms with Gasteiger partial charge in [-0.3, -0.25) is 0 Å². The van der Waals surface area contributed by atoms with Gasteiger partial charge in [0.2, 0.25) is 0 Å². The Labute approximate surface area is 105 Å². The molecule has 1 heterocycles. The number of thiazole rings is 1. The van der Waals surface area contributed by atoms with Gasteiger partial charge in [0.05, 0.1) is 7.11 Å². The molecule has 0 bridgehead atoms. The van der Waals surface area contributed by atoms with Crippen LogP contribution in [0.2, 0.25) is 0 Å². The van der Waals surface area contributed by atoms with Crippen molar-refractivity contribution in [2.75, 3.05) is 19.0 Å². The monoisotopic (exact) mass is 254 g/mol. The largest absolute Gasteiger partial charge is 0.464 e. The molecule has 1 saturated carbocycles. The molecule has 2 rings (SSSR count). The molecule has 1 aliphatic carbocycles. The Morgan fingerprint density at radius 2 is 2.24 bits per heavy atom. The van der Waals surface area contributed by atoms with Crippen molar-refractivity contribution < 1.29 is 9.53 Å². The minimum Gasteiger partial charge on any atom is -0.464 e. The molecule has 0 amide bonds. The average molecular weight is 254 g/mol. The van der Waals surface area contributed by atoms with Crippen molar-refractivity contribution in [2.24, 2.45) is 5.92 Å². The number of rotatable bonds is 4. The number of anilines is 1. The molecule has 0 aromatic carbocycles. The summed E-state index contributed by atoms with van der Waals surface area (Å²) in [6.07, 6.45) is 5.30. The zero-order chi connectivity index (χ0) is 12.3. The quantitative estimate of drug-likeness (QED) is 0.839. The van der Waals surface area contributed by atoms with Crippen LogP contribution in [0.4, 0.5) is 5.13 Å². The maximum Gasteiger partial charge on any atom is 0.357 e. The molecule has 0 saturated heterocycles. The first-order valence-electron chi connectivity index (χ1n) is 6.00. The lowest BCUT2D eigenvalue weighted by atomic mass is 10.1. The highest BCUT2D eigenvalue weighted by molar-refractivity contribution is 7.15. The summed E-state index contributed by atoms with van der Waals surface area (Å²) in [5, 5.41) is 4.15. The van der Waals surface area contributed by atoms with Gasteiger partial charge in [-0.1, -0.05) is 12.8 Å². The lowest BCUT2D eigenvalue weighted by Crippen LogP contribution is -2.11. The van der Waals surface area contributed by atoms with E-state index in [1.54, 1.807) is 0 Å². The highest BCUT2D eigenvalue weighted by Gasteiger charge is 2.18. The normalized spacial score (nSPS) is 16.1. The standard InChI is InChI=1S/C12H18N2O2S/c1-8-10(11(15)16-2)14-12(17-8)13-7-9-5-3-4-6-9/h9H,3-7H2,1-2H3,(H,13,14). The summed E-state index contributed by atoms with van der Waals surface area (Å²) in [7, 11) is 1.38. The first-order valence-corrected chi connectivity index (χ1v) is 6.82. The maximum absolute atomic E-state index is 11.4. The first-order chi connectivity index (χ1) is 8.20. The number of nitrogens with one attached hydrogen (secondary N) is 1. The Balaban J connectivity index is 1.94. The fourth-order valence-corrected chi connectivity index (χ4v) is 3.01. The molecule has 94 valence electrons. The SMILES string of the molecule is COC(=O)c1nc(NCC2CCCC2)sc1C. The molecule has 1 aliphatic rings. The number of methoxy groups -OCH3 is 1. The van der Waals surface area contributed by atoms with E-state index in [2.05, 4.69) is 15.0 Å². The molecule has 1 fully saturated rings. The van der Waals surface area contributed by atoms with Crippen molar-refractivity contribution in [3.8, 4) is 0 Å². The molecule has 0 aliphatic heterocycles. The van der Waals surface area contributed by atoms with Crippen LogP contribution in [-0.2, 0) is 4.74 Å². The Hall–Kier alpha value is -1.10. The third-order valence-electron chi connectivity index (χ3n) is 3.19. The summed E-state index contributed by atoms with van der Waals surface area (Å²) in [6.45, 7) is 2.86. The first kappa shape index (κ1) is 12.4. The van der Waals surface area contributed by atoms with E-state index < -0.39 is 0 Å². The van der Waals surface area contributed by atoms with Gasteiger partial charge < -0.3 is 10.1 Å². The predicted octanol–water partition coefficient (Wildman–Crippen LogP) is 2.84. The van der Waals surface area contributed by atoms with Crippen molar-refractivity contribution in [3.63, 3.8) is 0 Å². The van der Waals surface area contributed by atoms with Crippen LogP contribution >= 0.6 is 11.3 Å². The van der Waals surface area contributed by atoms with Crippen LogP contribution in [0.5, 0.6) is 0 Å². The van der Waals surface area contributed by atoms with Gasteiger partial charge in [0, 0.05) is 11.4 Å². The number of esters is 1. The Kier molecular flexibility index (Phi) is 3.99. The van der Waals surface area contributed by atoms with Gasteiger partial charge in [-0.2, -0.15) is 0 Å². The van der Waals surface area contributed by atoms with Gasteiger partial charge in [0.15, 0.2) is 10.8 Å². The smallest absolute Gasteiger partial charge is 0.357 e. The Morgan fingerprint density at radius 1 is 1.53 bits per heavy atom. The molecule has 5 heteroatoms. The number of hydrogen-bond acceptors (Lipinski definition) is 5. The number of nitrogens with zero attached hydrogens (tertiary/aromatic N) is 1. The topological polar surface area (TPSA) is 51.2 Å². The van der Waals surface area contributed by atoms with E-state index in [9.17, 15) is 4.79 Å². The molecule has 1 aromatic rings. The minimum atomic E-state index is -0.354. The van der Waals surface area contributed by atoms with E-state index >= 15 is 0 Å². The van der Waals surface area contributed by atoms with Gasteiger partial charge in [0.25, 0.3) is 0 Å². The van der Waals surface area contributed by atoms with E-state index in [1.807, 2.05) is 6.92 Å². The number of carbonyl (C=O) groups is 1. The van der Waals surface area contributed by atoms with Gasteiger partial charge in [0.1, 0.15) is 0 Å². The molecule has 1 aromatic heterocycles. The Bertz CT molecular complexity index is 397. The van der Waals surface area contributed by atoms with Crippen molar-refractivity contribution >= 4 is 22.4 Å². The van der Waals surface area contributed by atoms with Crippen molar-refractivity contribution in [3.05, 3.63) is 10.6 Å². The number of aromatic nitrogens is 1. The van der Waals surface area contributed by atoms with Crippen molar-refractivity contribution in [2.45, 2.75) is 32.6 Å². The van der Waals surface area contributed by atoms with E-state index in [4.69, 9.17) is 0 Å². The molecule has 1 N–H and O–H groups in total. The third-order valence-corrected chi connectivity index (χ3v) is 4.12. The lowest BCUT2D eigenvalue weighted by molar-refractivity contribution is 0.0594. The van der Waals surface area contributed by atoms with Crippen LogP contribution in [0.15, 0.2) is 0 Å². The zero-order valence-corrected chi connectivity index (χ0v) is 11.1. The van der Waals surface area contributed by atoms with E-state index in [0.29, 0.717) is 5.69 Å². The van der Waals surface area contributed by atoms with Crippen LogP contribution in [0, 0.1) is 12.8 Å². The number of hydrogen-bond donors (Lipinski definition) is 1.